The van der Waals surface area contributed by atoms with E-state index in [2.05, 4.69) is 15.3 Å². The summed E-state index contributed by atoms with van der Waals surface area (Å²) in [4.78, 5) is 19.6. The minimum Gasteiger partial charge on any atom is -0.497 e. The molecule has 2 aromatic rings. The van der Waals surface area contributed by atoms with Crippen LogP contribution in [0.15, 0.2) is 24.3 Å². The summed E-state index contributed by atoms with van der Waals surface area (Å²) in [6.07, 6.45) is 0.0748. The van der Waals surface area contributed by atoms with Crippen LogP contribution in [0.5, 0.6) is 5.75 Å². The number of benzene rings is 1. The fourth-order valence-corrected chi connectivity index (χ4v) is 2.07. The Hall–Kier alpha value is -2.34. The fraction of sp³-hybridized carbons (Fsp3) is 0.375. The van der Waals surface area contributed by atoms with Crippen molar-refractivity contribution in [3.8, 4) is 17.1 Å². The highest BCUT2D eigenvalue weighted by atomic mass is 16.5. The molecule has 0 spiro atoms. The molecule has 6 nitrogen and oxygen atoms in total. The van der Waals surface area contributed by atoms with Crippen LogP contribution in [0.25, 0.3) is 11.4 Å². The van der Waals surface area contributed by atoms with Crippen LogP contribution in [0.2, 0.25) is 0 Å². The molecule has 0 aliphatic heterocycles. The average Bonchev–Trinajstić information content (AvgIpc) is 2.89. The van der Waals surface area contributed by atoms with Gasteiger partial charge in [0.1, 0.15) is 17.3 Å². The highest BCUT2D eigenvalue weighted by Gasteiger charge is 2.15. The molecule has 22 heavy (non-hydrogen) atoms. The summed E-state index contributed by atoms with van der Waals surface area (Å²) in [5.41, 5.74) is 1.92. The number of aryl methyl sites for hydroxylation is 1. The van der Waals surface area contributed by atoms with Crippen LogP contribution < -0.4 is 10.1 Å². The molecule has 3 N–H and O–H groups in total. The number of nitrogens with zero attached hydrogens (tertiary/aromatic N) is 1. The Bertz CT molecular complexity index is 650. The van der Waals surface area contributed by atoms with Crippen molar-refractivity contribution in [1.82, 2.24) is 15.3 Å². The van der Waals surface area contributed by atoms with Gasteiger partial charge in [0.2, 0.25) is 0 Å². The number of aromatic amines is 1. The molecule has 118 valence electrons. The van der Waals surface area contributed by atoms with Crippen molar-refractivity contribution < 1.29 is 14.6 Å². The highest BCUT2D eigenvalue weighted by molar-refractivity contribution is 5.94. The number of ether oxygens (including phenoxy) is 1. The van der Waals surface area contributed by atoms with Crippen LogP contribution in [0.1, 0.15) is 29.5 Å². The summed E-state index contributed by atoms with van der Waals surface area (Å²) in [6, 6.07) is 7.47. The molecule has 1 unspecified atom stereocenters. The van der Waals surface area contributed by atoms with Gasteiger partial charge in [-0.25, -0.2) is 4.98 Å². The quantitative estimate of drug-likeness (QED) is 0.760. The van der Waals surface area contributed by atoms with E-state index in [1.165, 1.54) is 0 Å². The second kappa shape index (κ2) is 7.09. The van der Waals surface area contributed by atoms with Gasteiger partial charge in [0.25, 0.3) is 5.91 Å². The van der Waals surface area contributed by atoms with E-state index in [0.717, 1.165) is 11.3 Å². The number of imidazole rings is 1. The number of amides is 1. The zero-order valence-corrected chi connectivity index (χ0v) is 13.0. The summed E-state index contributed by atoms with van der Waals surface area (Å²) in [5, 5.41) is 12.0. The first-order chi connectivity index (χ1) is 10.5. The molecule has 0 aliphatic rings. The lowest BCUT2D eigenvalue weighted by Gasteiger charge is -2.05. The van der Waals surface area contributed by atoms with Crippen LogP contribution in [0.3, 0.4) is 0 Å². The Morgan fingerprint density at radius 1 is 1.50 bits per heavy atom. The Balaban J connectivity index is 2.15. The van der Waals surface area contributed by atoms with Crippen molar-refractivity contribution in [3.63, 3.8) is 0 Å². The minimum absolute atomic E-state index is 0.247. The maximum Gasteiger partial charge on any atom is 0.271 e. The molecule has 0 radical (unpaired) electrons. The number of aliphatic hydroxyl groups excluding tert-OH is 1. The third-order valence-electron chi connectivity index (χ3n) is 3.29. The van der Waals surface area contributed by atoms with E-state index in [1.807, 2.05) is 24.3 Å². The zero-order valence-electron chi connectivity index (χ0n) is 13.0. The van der Waals surface area contributed by atoms with Gasteiger partial charge in [-0.1, -0.05) is 12.1 Å². The van der Waals surface area contributed by atoms with Crippen molar-refractivity contribution in [2.24, 2.45) is 0 Å². The highest BCUT2D eigenvalue weighted by Crippen LogP contribution is 2.22. The number of nitrogens with one attached hydrogen (secondary N) is 2. The first-order valence-corrected chi connectivity index (χ1v) is 7.18. The summed E-state index contributed by atoms with van der Waals surface area (Å²) in [5.74, 6) is 1.11. The summed E-state index contributed by atoms with van der Waals surface area (Å²) >= 11 is 0. The number of methoxy groups -OCH3 is 1. The number of rotatable bonds is 6. The van der Waals surface area contributed by atoms with Crippen molar-refractivity contribution in [1.29, 1.82) is 0 Å². The SMILES string of the molecule is COc1cccc(-c2nc(C(=O)NCCC(C)O)c(C)[nH]2)c1. The molecule has 6 heteroatoms. The molecular formula is C16H21N3O3. The van der Waals surface area contributed by atoms with Crippen molar-refractivity contribution in [2.45, 2.75) is 26.4 Å². The number of aliphatic hydroxyl groups is 1. The van der Waals surface area contributed by atoms with Crippen LogP contribution in [0, 0.1) is 6.92 Å². The van der Waals surface area contributed by atoms with E-state index in [4.69, 9.17) is 4.74 Å². The van der Waals surface area contributed by atoms with E-state index in [9.17, 15) is 9.90 Å². The standard InChI is InChI=1S/C16H21N3O3/c1-10(20)7-8-17-16(21)14-11(2)18-15(19-14)12-5-4-6-13(9-12)22-3/h4-6,9-10,20H,7-8H2,1-3H3,(H,17,21)(H,18,19). The van der Waals surface area contributed by atoms with Gasteiger partial charge in [-0.2, -0.15) is 0 Å². The average molecular weight is 303 g/mol. The molecule has 2 rings (SSSR count). The first kappa shape index (κ1) is 16.0. The van der Waals surface area contributed by atoms with E-state index in [1.54, 1.807) is 21.0 Å². The molecule has 1 amide bonds. The molecule has 0 bridgehead atoms. The third kappa shape index (κ3) is 3.85. The normalized spacial score (nSPS) is 12.0. The Morgan fingerprint density at radius 2 is 2.27 bits per heavy atom. The minimum atomic E-state index is -0.437. The molecule has 1 aromatic heterocycles. The van der Waals surface area contributed by atoms with Gasteiger partial charge in [0.05, 0.1) is 13.2 Å². The predicted octanol–water partition coefficient (Wildman–Crippen LogP) is 1.89. The topological polar surface area (TPSA) is 87.2 Å². The van der Waals surface area contributed by atoms with Crippen LogP contribution in [-0.4, -0.2) is 40.7 Å². The Labute approximate surface area is 129 Å². The van der Waals surface area contributed by atoms with Crippen LogP contribution in [0.4, 0.5) is 0 Å². The van der Waals surface area contributed by atoms with Gasteiger partial charge >= 0.3 is 0 Å². The molecule has 0 saturated carbocycles. The molecule has 1 heterocycles. The number of carbonyl (C=O) groups excluding carboxylic acids is 1. The van der Waals surface area contributed by atoms with Gasteiger partial charge in [0, 0.05) is 17.8 Å². The van der Waals surface area contributed by atoms with E-state index in [0.29, 0.717) is 30.2 Å². The van der Waals surface area contributed by atoms with Gasteiger partial charge in [-0.05, 0) is 32.4 Å². The lowest BCUT2D eigenvalue weighted by Crippen LogP contribution is -2.27. The molecule has 0 saturated heterocycles. The van der Waals surface area contributed by atoms with Gasteiger partial charge in [-0.3, -0.25) is 4.79 Å². The van der Waals surface area contributed by atoms with Gasteiger partial charge in [-0.15, -0.1) is 0 Å². The molecule has 1 atom stereocenters. The third-order valence-corrected chi connectivity index (χ3v) is 3.29. The van der Waals surface area contributed by atoms with E-state index < -0.39 is 6.10 Å². The molecule has 1 aromatic carbocycles. The lowest BCUT2D eigenvalue weighted by molar-refractivity contribution is 0.0940. The lowest BCUT2D eigenvalue weighted by atomic mass is 10.2. The van der Waals surface area contributed by atoms with Crippen molar-refractivity contribution >= 4 is 5.91 Å². The molecular weight excluding hydrogens is 282 g/mol. The second-order valence-corrected chi connectivity index (χ2v) is 5.18. The molecule has 0 aliphatic carbocycles. The maximum atomic E-state index is 12.1. The monoisotopic (exact) mass is 303 g/mol. The summed E-state index contributed by atoms with van der Waals surface area (Å²) < 4.78 is 5.19. The number of hydrogen-bond acceptors (Lipinski definition) is 4. The summed E-state index contributed by atoms with van der Waals surface area (Å²) in [6.45, 7) is 3.91. The summed E-state index contributed by atoms with van der Waals surface area (Å²) in [7, 11) is 1.60. The zero-order chi connectivity index (χ0) is 16.1. The largest absolute Gasteiger partial charge is 0.497 e. The predicted molar refractivity (Wildman–Crippen MR) is 83.9 cm³/mol. The van der Waals surface area contributed by atoms with E-state index >= 15 is 0 Å². The van der Waals surface area contributed by atoms with Crippen LogP contribution in [-0.2, 0) is 0 Å². The Kier molecular flexibility index (Phi) is 5.16. The first-order valence-electron chi connectivity index (χ1n) is 7.18. The van der Waals surface area contributed by atoms with Crippen LogP contribution >= 0.6 is 0 Å². The number of carbonyl (C=O) groups is 1. The maximum absolute atomic E-state index is 12.1. The van der Waals surface area contributed by atoms with E-state index in [-0.39, 0.29) is 5.91 Å². The van der Waals surface area contributed by atoms with Gasteiger partial charge < -0.3 is 20.1 Å². The number of hydrogen-bond donors (Lipinski definition) is 3. The Morgan fingerprint density at radius 3 is 2.95 bits per heavy atom. The number of aromatic nitrogens is 2. The van der Waals surface area contributed by atoms with Crippen molar-refractivity contribution in [3.05, 3.63) is 35.7 Å². The van der Waals surface area contributed by atoms with Gasteiger partial charge in [0.15, 0.2) is 0 Å². The van der Waals surface area contributed by atoms with Crippen molar-refractivity contribution in [2.75, 3.05) is 13.7 Å². The molecule has 0 fully saturated rings. The smallest absolute Gasteiger partial charge is 0.271 e. The fourth-order valence-electron chi connectivity index (χ4n) is 2.07. The number of H-pyrrole nitrogens is 1. The second-order valence-electron chi connectivity index (χ2n) is 5.18.